The number of hydrogen-bond acceptors (Lipinski definition) is 3. The van der Waals surface area contributed by atoms with Crippen LogP contribution in [0.2, 0.25) is 0 Å². The number of aromatic nitrogens is 1. The van der Waals surface area contributed by atoms with Crippen LogP contribution < -0.4 is 5.32 Å². The summed E-state index contributed by atoms with van der Waals surface area (Å²) in [5.74, 6) is 0.865. The predicted octanol–water partition coefficient (Wildman–Crippen LogP) is 2.83. The van der Waals surface area contributed by atoms with Gasteiger partial charge < -0.3 is 10.2 Å². The second-order valence-corrected chi connectivity index (χ2v) is 6.41. The van der Waals surface area contributed by atoms with E-state index in [-0.39, 0.29) is 0 Å². The lowest BCUT2D eigenvalue weighted by molar-refractivity contribution is 0.133. The van der Waals surface area contributed by atoms with E-state index in [0.29, 0.717) is 0 Å². The van der Waals surface area contributed by atoms with Gasteiger partial charge in [-0.1, -0.05) is 18.9 Å². The maximum atomic E-state index is 4.16. The Hall–Kier alpha value is -0.930. The lowest BCUT2D eigenvalue weighted by atomic mass is 9.95. The summed E-state index contributed by atoms with van der Waals surface area (Å²) in [7, 11) is 0. The molecule has 0 amide bonds. The van der Waals surface area contributed by atoms with E-state index < -0.39 is 0 Å². The summed E-state index contributed by atoms with van der Waals surface area (Å²) < 4.78 is 0. The fraction of sp³-hybridized carbons (Fsp3) is 0.706. The zero-order chi connectivity index (χ0) is 13.6. The molecule has 2 fully saturated rings. The fourth-order valence-corrected chi connectivity index (χ4v) is 3.71. The number of likely N-dealkylation sites (tertiary alicyclic amines) is 1. The Kier molecular flexibility index (Phi) is 5.04. The molecule has 1 N–H and O–H groups in total. The van der Waals surface area contributed by atoms with Crippen LogP contribution in [0.1, 0.15) is 44.1 Å². The molecule has 1 aliphatic heterocycles. The van der Waals surface area contributed by atoms with Gasteiger partial charge in [-0.3, -0.25) is 4.98 Å². The van der Waals surface area contributed by atoms with E-state index in [1.54, 1.807) is 0 Å². The number of piperidine rings is 1. The second kappa shape index (κ2) is 7.19. The number of pyridine rings is 1. The number of rotatable bonds is 5. The van der Waals surface area contributed by atoms with Crippen molar-refractivity contribution in [3.05, 3.63) is 30.1 Å². The monoisotopic (exact) mass is 273 g/mol. The lowest BCUT2D eigenvalue weighted by Crippen LogP contribution is -2.42. The summed E-state index contributed by atoms with van der Waals surface area (Å²) in [5, 5.41) is 3.60. The summed E-state index contributed by atoms with van der Waals surface area (Å²) in [6, 6.07) is 5.07. The van der Waals surface area contributed by atoms with Crippen molar-refractivity contribution in [3.63, 3.8) is 0 Å². The van der Waals surface area contributed by atoms with Gasteiger partial charge >= 0.3 is 0 Å². The Morgan fingerprint density at radius 3 is 2.65 bits per heavy atom. The van der Waals surface area contributed by atoms with Crippen molar-refractivity contribution in [2.45, 2.75) is 51.1 Å². The minimum Gasteiger partial charge on any atom is -0.312 e. The maximum Gasteiger partial charge on any atom is 0.0312 e. The Morgan fingerprint density at radius 2 is 1.95 bits per heavy atom. The molecule has 1 saturated heterocycles. The zero-order valence-corrected chi connectivity index (χ0v) is 12.4. The molecule has 3 heteroatoms. The first-order valence-corrected chi connectivity index (χ1v) is 8.25. The van der Waals surface area contributed by atoms with Crippen LogP contribution in [-0.2, 0) is 6.54 Å². The minimum atomic E-state index is 0.865. The average molecular weight is 273 g/mol. The molecule has 1 saturated carbocycles. The van der Waals surface area contributed by atoms with Crippen LogP contribution in [0.4, 0.5) is 0 Å². The van der Waals surface area contributed by atoms with Crippen molar-refractivity contribution >= 4 is 0 Å². The predicted molar refractivity (Wildman–Crippen MR) is 82.5 cm³/mol. The standard InChI is InChI=1S/C17H27N3/c1-2-6-17(5-1)20-10-7-15(8-11-20)12-19-14-16-4-3-9-18-13-16/h3-4,9,13,15,17,19H,1-2,5-8,10-12,14H2. The maximum absolute atomic E-state index is 4.16. The van der Waals surface area contributed by atoms with E-state index in [2.05, 4.69) is 21.3 Å². The Morgan fingerprint density at radius 1 is 1.15 bits per heavy atom. The number of hydrogen-bond donors (Lipinski definition) is 1. The van der Waals surface area contributed by atoms with Gasteiger partial charge in [0, 0.05) is 25.0 Å². The molecule has 1 aromatic heterocycles. The van der Waals surface area contributed by atoms with Gasteiger partial charge in [0.05, 0.1) is 0 Å². The van der Waals surface area contributed by atoms with Gasteiger partial charge in [-0.2, -0.15) is 0 Å². The molecule has 0 bridgehead atoms. The third kappa shape index (κ3) is 3.80. The Balaban J connectivity index is 1.34. The molecule has 110 valence electrons. The highest BCUT2D eigenvalue weighted by Gasteiger charge is 2.26. The molecule has 3 rings (SSSR count). The Bertz CT molecular complexity index is 378. The molecule has 20 heavy (non-hydrogen) atoms. The van der Waals surface area contributed by atoms with Crippen LogP contribution >= 0.6 is 0 Å². The normalized spacial score (nSPS) is 22.4. The van der Waals surface area contributed by atoms with Gasteiger partial charge in [0.2, 0.25) is 0 Å². The summed E-state index contributed by atoms with van der Waals surface area (Å²) in [5.41, 5.74) is 1.29. The summed E-state index contributed by atoms with van der Waals surface area (Å²) in [4.78, 5) is 6.91. The fourth-order valence-electron chi connectivity index (χ4n) is 3.71. The van der Waals surface area contributed by atoms with Crippen LogP contribution in [0.3, 0.4) is 0 Å². The van der Waals surface area contributed by atoms with Crippen molar-refractivity contribution in [1.82, 2.24) is 15.2 Å². The molecular formula is C17H27N3. The second-order valence-electron chi connectivity index (χ2n) is 6.41. The first-order chi connectivity index (χ1) is 9.92. The van der Waals surface area contributed by atoms with Crippen LogP contribution in [0.25, 0.3) is 0 Å². The first-order valence-electron chi connectivity index (χ1n) is 8.25. The quantitative estimate of drug-likeness (QED) is 0.894. The molecule has 0 radical (unpaired) electrons. The molecular weight excluding hydrogens is 246 g/mol. The van der Waals surface area contributed by atoms with Gasteiger partial charge in [0.15, 0.2) is 0 Å². The highest BCUT2D eigenvalue weighted by molar-refractivity contribution is 5.07. The van der Waals surface area contributed by atoms with Crippen molar-refractivity contribution in [1.29, 1.82) is 0 Å². The first kappa shape index (κ1) is 14.0. The molecule has 0 aromatic carbocycles. The van der Waals surface area contributed by atoms with Gasteiger partial charge in [-0.05, 0) is 62.9 Å². The van der Waals surface area contributed by atoms with Crippen LogP contribution in [0.5, 0.6) is 0 Å². The van der Waals surface area contributed by atoms with Crippen LogP contribution in [0, 0.1) is 5.92 Å². The Labute approximate surface area is 122 Å². The molecule has 0 spiro atoms. The topological polar surface area (TPSA) is 28.2 Å². The van der Waals surface area contributed by atoms with Crippen molar-refractivity contribution in [3.8, 4) is 0 Å². The van der Waals surface area contributed by atoms with Crippen molar-refractivity contribution < 1.29 is 0 Å². The number of nitrogens with one attached hydrogen (secondary N) is 1. The summed E-state index contributed by atoms with van der Waals surface area (Å²) in [6.45, 7) is 4.76. The van der Waals surface area contributed by atoms with Gasteiger partial charge in [0.1, 0.15) is 0 Å². The molecule has 1 aliphatic carbocycles. The van der Waals surface area contributed by atoms with Crippen LogP contribution in [-0.4, -0.2) is 35.6 Å². The molecule has 3 nitrogen and oxygen atoms in total. The van der Waals surface area contributed by atoms with E-state index >= 15 is 0 Å². The molecule has 2 heterocycles. The van der Waals surface area contributed by atoms with E-state index in [4.69, 9.17) is 0 Å². The lowest BCUT2D eigenvalue weighted by Gasteiger charge is -2.36. The van der Waals surface area contributed by atoms with E-state index in [1.165, 1.54) is 57.2 Å². The highest BCUT2D eigenvalue weighted by atomic mass is 15.2. The molecule has 1 aromatic rings. The van der Waals surface area contributed by atoms with E-state index in [1.807, 2.05) is 18.5 Å². The smallest absolute Gasteiger partial charge is 0.0312 e. The molecule has 0 atom stereocenters. The van der Waals surface area contributed by atoms with Gasteiger partial charge in [-0.15, -0.1) is 0 Å². The van der Waals surface area contributed by atoms with E-state index in [0.717, 1.165) is 25.0 Å². The SMILES string of the molecule is c1cncc(CNCC2CCN(C3CCCC3)CC2)c1. The molecule has 2 aliphatic rings. The largest absolute Gasteiger partial charge is 0.312 e. The summed E-state index contributed by atoms with van der Waals surface area (Å²) >= 11 is 0. The van der Waals surface area contributed by atoms with Crippen molar-refractivity contribution in [2.75, 3.05) is 19.6 Å². The molecule has 0 unspecified atom stereocenters. The summed E-state index contributed by atoms with van der Waals surface area (Å²) in [6.07, 6.45) is 12.3. The average Bonchev–Trinajstić information content (AvgIpc) is 3.03. The zero-order valence-electron chi connectivity index (χ0n) is 12.4. The van der Waals surface area contributed by atoms with E-state index in [9.17, 15) is 0 Å². The van der Waals surface area contributed by atoms with Crippen molar-refractivity contribution in [2.24, 2.45) is 5.92 Å². The van der Waals surface area contributed by atoms with Gasteiger partial charge in [-0.25, -0.2) is 0 Å². The van der Waals surface area contributed by atoms with Crippen LogP contribution in [0.15, 0.2) is 24.5 Å². The third-order valence-electron chi connectivity index (χ3n) is 4.98. The minimum absolute atomic E-state index is 0.865. The highest BCUT2D eigenvalue weighted by Crippen LogP contribution is 2.27. The number of nitrogens with zero attached hydrogens (tertiary/aromatic N) is 2. The third-order valence-corrected chi connectivity index (χ3v) is 4.98. The van der Waals surface area contributed by atoms with Gasteiger partial charge in [0.25, 0.3) is 0 Å².